The zero-order valence-electron chi connectivity index (χ0n) is 14.4. The smallest absolute Gasteiger partial charge is 0.277 e. The van der Waals surface area contributed by atoms with Crippen molar-refractivity contribution in [3.8, 4) is 11.5 Å². The minimum Gasteiger partial charge on any atom is -0.424 e. The Labute approximate surface area is 145 Å². The van der Waals surface area contributed by atoms with Crippen LogP contribution in [-0.2, 0) is 5.41 Å². The van der Waals surface area contributed by atoms with Crippen LogP contribution in [0.15, 0.2) is 38.3 Å². The van der Waals surface area contributed by atoms with Crippen molar-refractivity contribution in [3.63, 3.8) is 0 Å². The molecule has 0 aliphatic carbocycles. The van der Waals surface area contributed by atoms with Gasteiger partial charge in [0, 0.05) is 12.5 Å². The lowest BCUT2D eigenvalue weighted by Crippen LogP contribution is -2.10. The molecule has 0 unspecified atom stereocenters. The van der Waals surface area contributed by atoms with E-state index in [1.807, 2.05) is 19.1 Å². The first-order chi connectivity index (χ1) is 11.3. The van der Waals surface area contributed by atoms with Gasteiger partial charge < -0.3 is 8.83 Å². The van der Waals surface area contributed by atoms with Crippen molar-refractivity contribution in [3.05, 3.63) is 41.6 Å². The predicted molar refractivity (Wildman–Crippen MR) is 91.7 cm³/mol. The van der Waals surface area contributed by atoms with E-state index in [9.17, 15) is 0 Å². The highest BCUT2D eigenvalue weighted by Crippen LogP contribution is 2.34. The van der Waals surface area contributed by atoms with Crippen LogP contribution in [0.5, 0.6) is 0 Å². The highest BCUT2D eigenvalue weighted by atomic mass is 32.2. The first-order valence-electron chi connectivity index (χ1n) is 7.74. The molecule has 0 aliphatic heterocycles. The van der Waals surface area contributed by atoms with Gasteiger partial charge in [-0.05, 0) is 30.0 Å². The number of benzene rings is 1. The highest BCUT2D eigenvalue weighted by Gasteiger charge is 2.19. The summed E-state index contributed by atoms with van der Waals surface area (Å²) in [5.74, 6) is 1.60. The van der Waals surface area contributed by atoms with E-state index in [2.05, 4.69) is 53.3 Å². The van der Waals surface area contributed by atoms with Gasteiger partial charge in [0.1, 0.15) is 0 Å². The molecule has 24 heavy (non-hydrogen) atoms. The van der Waals surface area contributed by atoms with E-state index in [-0.39, 0.29) is 10.7 Å². The standard InChI is InChI=1S/C17H20N4O2S/c1-10(14-19-18-11(2)22-14)24-16-21-20-15(23-16)12-6-8-13(9-7-12)17(3,4)5/h6-10H,1-5H3/t10-/m0/s1. The zero-order valence-corrected chi connectivity index (χ0v) is 15.2. The van der Waals surface area contributed by atoms with E-state index in [0.717, 1.165) is 5.56 Å². The maximum Gasteiger partial charge on any atom is 0.277 e. The fraction of sp³-hybridized carbons (Fsp3) is 0.412. The Kier molecular flexibility index (Phi) is 4.45. The summed E-state index contributed by atoms with van der Waals surface area (Å²) in [6.07, 6.45) is 0. The summed E-state index contributed by atoms with van der Waals surface area (Å²) >= 11 is 1.40. The molecule has 0 fully saturated rings. The molecule has 6 nitrogen and oxygen atoms in total. The van der Waals surface area contributed by atoms with Crippen LogP contribution in [0.3, 0.4) is 0 Å². The third-order valence-corrected chi connectivity index (χ3v) is 4.49. The summed E-state index contributed by atoms with van der Waals surface area (Å²) in [5.41, 5.74) is 2.29. The van der Waals surface area contributed by atoms with Crippen LogP contribution in [0.25, 0.3) is 11.5 Å². The molecule has 0 saturated heterocycles. The molecule has 2 aromatic heterocycles. The molecule has 0 N–H and O–H groups in total. The Balaban J connectivity index is 1.73. The van der Waals surface area contributed by atoms with E-state index in [1.54, 1.807) is 6.92 Å². The average molecular weight is 344 g/mol. The monoisotopic (exact) mass is 344 g/mol. The van der Waals surface area contributed by atoms with Crippen molar-refractivity contribution in [2.45, 2.75) is 50.5 Å². The number of aryl methyl sites for hydroxylation is 1. The second-order valence-electron chi connectivity index (χ2n) is 6.62. The second-order valence-corrected chi connectivity index (χ2v) is 7.91. The predicted octanol–water partition coefficient (Wildman–Crippen LogP) is 4.58. The number of aromatic nitrogens is 4. The maximum absolute atomic E-state index is 5.75. The van der Waals surface area contributed by atoms with E-state index in [0.29, 0.717) is 22.9 Å². The third-order valence-electron chi connectivity index (χ3n) is 3.57. The lowest BCUT2D eigenvalue weighted by Gasteiger charge is -2.18. The molecule has 126 valence electrons. The summed E-state index contributed by atoms with van der Waals surface area (Å²) in [6.45, 7) is 10.3. The lowest BCUT2D eigenvalue weighted by molar-refractivity contribution is 0.454. The van der Waals surface area contributed by atoms with Gasteiger partial charge in [0.25, 0.3) is 5.22 Å². The number of rotatable bonds is 4. The molecule has 0 radical (unpaired) electrons. The number of thioether (sulfide) groups is 1. The second kappa shape index (κ2) is 6.39. The van der Waals surface area contributed by atoms with Crippen molar-refractivity contribution in [1.82, 2.24) is 20.4 Å². The summed E-state index contributed by atoms with van der Waals surface area (Å²) in [4.78, 5) is 0. The van der Waals surface area contributed by atoms with Gasteiger partial charge in [0.2, 0.25) is 17.7 Å². The fourth-order valence-electron chi connectivity index (χ4n) is 2.16. The van der Waals surface area contributed by atoms with Crippen molar-refractivity contribution < 1.29 is 8.83 Å². The van der Waals surface area contributed by atoms with Gasteiger partial charge in [-0.15, -0.1) is 20.4 Å². The fourth-order valence-corrected chi connectivity index (χ4v) is 2.88. The van der Waals surface area contributed by atoms with Gasteiger partial charge >= 0.3 is 0 Å². The van der Waals surface area contributed by atoms with Crippen LogP contribution in [0.2, 0.25) is 0 Å². The van der Waals surface area contributed by atoms with Crippen molar-refractivity contribution in [2.75, 3.05) is 0 Å². The van der Waals surface area contributed by atoms with E-state index >= 15 is 0 Å². The average Bonchev–Trinajstić information content (AvgIpc) is 3.16. The van der Waals surface area contributed by atoms with Crippen molar-refractivity contribution >= 4 is 11.8 Å². The molecule has 0 spiro atoms. The molecule has 0 bridgehead atoms. The summed E-state index contributed by atoms with van der Waals surface area (Å²) in [6, 6.07) is 8.20. The Morgan fingerprint density at radius 2 is 1.67 bits per heavy atom. The first-order valence-corrected chi connectivity index (χ1v) is 8.62. The topological polar surface area (TPSA) is 77.8 Å². The molecule has 1 atom stereocenters. The SMILES string of the molecule is Cc1nnc([C@H](C)Sc2nnc(-c3ccc(C(C)(C)C)cc3)o2)o1. The Bertz CT molecular complexity index is 818. The van der Waals surface area contributed by atoms with E-state index in [4.69, 9.17) is 8.83 Å². The van der Waals surface area contributed by atoms with Gasteiger partial charge in [-0.3, -0.25) is 0 Å². The third kappa shape index (κ3) is 3.67. The van der Waals surface area contributed by atoms with Crippen LogP contribution in [-0.4, -0.2) is 20.4 Å². The molecule has 3 rings (SSSR count). The van der Waals surface area contributed by atoms with Crippen LogP contribution in [0, 0.1) is 6.92 Å². The molecule has 0 amide bonds. The molecule has 0 saturated carbocycles. The molecule has 1 aromatic carbocycles. The largest absolute Gasteiger partial charge is 0.424 e. The number of nitrogens with zero attached hydrogens (tertiary/aromatic N) is 4. The molecular formula is C17H20N4O2S. The zero-order chi connectivity index (χ0) is 17.3. The minimum absolute atomic E-state index is 0.0530. The Hall–Kier alpha value is -2.15. The quantitative estimate of drug-likeness (QED) is 0.641. The number of hydrogen-bond acceptors (Lipinski definition) is 7. The molecular weight excluding hydrogens is 324 g/mol. The summed E-state index contributed by atoms with van der Waals surface area (Å²) < 4.78 is 11.2. The molecule has 0 aliphatic rings. The van der Waals surface area contributed by atoms with Gasteiger partial charge in [-0.1, -0.05) is 44.7 Å². The van der Waals surface area contributed by atoms with Crippen LogP contribution in [0.1, 0.15) is 50.3 Å². The van der Waals surface area contributed by atoms with Gasteiger partial charge in [0.15, 0.2) is 0 Å². The molecule has 2 heterocycles. The molecule has 3 aromatic rings. The van der Waals surface area contributed by atoms with Gasteiger partial charge in [-0.25, -0.2) is 0 Å². The van der Waals surface area contributed by atoms with Crippen LogP contribution < -0.4 is 0 Å². The van der Waals surface area contributed by atoms with E-state index in [1.165, 1.54) is 17.3 Å². The van der Waals surface area contributed by atoms with Crippen LogP contribution >= 0.6 is 11.8 Å². The maximum atomic E-state index is 5.75. The molecule has 7 heteroatoms. The highest BCUT2D eigenvalue weighted by molar-refractivity contribution is 7.99. The Morgan fingerprint density at radius 3 is 2.25 bits per heavy atom. The summed E-state index contributed by atoms with van der Waals surface area (Å²) in [7, 11) is 0. The van der Waals surface area contributed by atoms with Crippen molar-refractivity contribution in [2.24, 2.45) is 0 Å². The summed E-state index contributed by atoms with van der Waals surface area (Å²) in [5, 5.41) is 16.5. The van der Waals surface area contributed by atoms with Gasteiger partial charge in [-0.2, -0.15) is 0 Å². The normalized spacial score (nSPS) is 13.2. The number of hydrogen-bond donors (Lipinski definition) is 0. The van der Waals surface area contributed by atoms with E-state index < -0.39 is 0 Å². The minimum atomic E-state index is -0.0530. The van der Waals surface area contributed by atoms with Gasteiger partial charge in [0.05, 0.1) is 5.25 Å². The first kappa shape index (κ1) is 16.7. The lowest BCUT2D eigenvalue weighted by atomic mass is 9.87. The van der Waals surface area contributed by atoms with Crippen LogP contribution in [0.4, 0.5) is 0 Å². The Morgan fingerprint density at radius 1 is 0.958 bits per heavy atom. The van der Waals surface area contributed by atoms with Crippen molar-refractivity contribution in [1.29, 1.82) is 0 Å².